The molecule has 1 aliphatic rings. The minimum Gasteiger partial charge on any atom is -0.469 e. The highest BCUT2D eigenvalue weighted by atomic mass is 32.2. The number of esters is 1. The maximum Gasteiger partial charge on any atom is 0.306 e. The van der Waals surface area contributed by atoms with Crippen LogP contribution in [-0.2, 0) is 9.53 Å². The summed E-state index contributed by atoms with van der Waals surface area (Å²) in [5.41, 5.74) is 0.411. The fraction of sp³-hybridized carbons (Fsp3) is 0.571. The first-order chi connectivity index (χ1) is 10.6. The highest BCUT2D eigenvalue weighted by molar-refractivity contribution is 7.99. The fourth-order valence-electron chi connectivity index (χ4n) is 2.09. The summed E-state index contributed by atoms with van der Waals surface area (Å²) in [5, 5.41) is 0. The molecule has 7 nitrogen and oxygen atoms in total. The van der Waals surface area contributed by atoms with Gasteiger partial charge in [0.15, 0.2) is 0 Å². The number of hydrogen-bond acceptors (Lipinski definition) is 7. The van der Waals surface area contributed by atoms with E-state index in [0.717, 1.165) is 13.1 Å². The van der Waals surface area contributed by atoms with Crippen LogP contribution in [0.15, 0.2) is 17.4 Å². The smallest absolute Gasteiger partial charge is 0.306 e. The lowest BCUT2D eigenvalue weighted by atomic mass is 10.3. The van der Waals surface area contributed by atoms with Gasteiger partial charge in [-0.15, -0.1) is 11.8 Å². The highest BCUT2D eigenvalue weighted by Crippen LogP contribution is 2.22. The molecule has 8 heteroatoms. The van der Waals surface area contributed by atoms with E-state index in [4.69, 9.17) is 0 Å². The molecule has 0 atom stereocenters. The van der Waals surface area contributed by atoms with Crippen LogP contribution >= 0.6 is 11.8 Å². The van der Waals surface area contributed by atoms with Gasteiger partial charge in [0, 0.05) is 38.1 Å². The van der Waals surface area contributed by atoms with Crippen molar-refractivity contribution in [3.63, 3.8) is 0 Å². The zero-order valence-corrected chi connectivity index (χ0v) is 13.6. The molecule has 2 rings (SSSR count). The van der Waals surface area contributed by atoms with E-state index >= 15 is 0 Å². The van der Waals surface area contributed by atoms with E-state index in [0.29, 0.717) is 29.4 Å². The number of amides is 1. The lowest BCUT2D eigenvalue weighted by Crippen LogP contribution is -2.47. The summed E-state index contributed by atoms with van der Waals surface area (Å²) in [6.45, 7) is 3.13. The molecule has 0 aromatic carbocycles. The maximum atomic E-state index is 12.6. The van der Waals surface area contributed by atoms with Crippen molar-refractivity contribution in [3.8, 4) is 0 Å². The Morgan fingerprint density at radius 3 is 2.73 bits per heavy atom. The predicted octanol–water partition coefficient (Wildman–Crippen LogP) is 0.519. The molecule has 22 heavy (non-hydrogen) atoms. The van der Waals surface area contributed by atoms with Crippen molar-refractivity contribution in [3.05, 3.63) is 18.2 Å². The number of rotatable bonds is 5. The Kier molecular flexibility index (Phi) is 6.14. The molecule has 2 heterocycles. The van der Waals surface area contributed by atoms with Crippen LogP contribution in [0.3, 0.4) is 0 Å². The first-order valence-corrected chi connectivity index (χ1v) is 8.08. The summed E-state index contributed by atoms with van der Waals surface area (Å²) < 4.78 is 4.61. The summed E-state index contributed by atoms with van der Waals surface area (Å²) >= 11 is 1.40. The van der Waals surface area contributed by atoms with Crippen LogP contribution in [0.25, 0.3) is 0 Å². The Morgan fingerprint density at radius 2 is 2.05 bits per heavy atom. The summed E-state index contributed by atoms with van der Waals surface area (Å²) in [4.78, 5) is 36.6. The minimum atomic E-state index is -0.267. The molecule has 0 aliphatic carbocycles. The normalized spacial score (nSPS) is 15.6. The highest BCUT2D eigenvalue weighted by Gasteiger charge is 2.23. The van der Waals surface area contributed by atoms with Crippen LogP contribution in [0.5, 0.6) is 0 Å². The third-order valence-electron chi connectivity index (χ3n) is 3.46. The van der Waals surface area contributed by atoms with Crippen molar-refractivity contribution in [2.75, 3.05) is 46.1 Å². The molecule has 0 bridgehead atoms. The van der Waals surface area contributed by atoms with Crippen molar-refractivity contribution in [1.82, 2.24) is 19.8 Å². The molecule has 0 radical (unpaired) electrons. The summed E-state index contributed by atoms with van der Waals surface area (Å²) in [7, 11) is 3.40. The van der Waals surface area contributed by atoms with Crippen LogP contribution in [0.1, 0.15) is 16.9 Å². The quantitative estimate of drug-likeness (QED) is 0.577. The SMILES string of the molecule is COC(=O)CCSc1cncnc1C(=O)N1CCN(C)CC1. The number of carbonyl (C=O) groups is 2. The standard InChI is InChI=1S/C14H20N4O3S/c1-17-4-6-18(7-5-17)14(20)13-11(9-15-10-16-13)22-8-3-12(19)21-2/h9-10H,3-8H2,1-2H3. The number of carbonyl (C=O) groups excluding carboxylic acids is 2. The molecule has 1 aromatic rings. The minimum absolute atomic E-state index is 0.0731. The third kappa shape index (κ3) is 4.41. The maximum absolute atomic E-state index is 12.6. The van der Waals surface area contributed by atoms with Gasteiger partial charge in [-0.1, -0.05) is 0 Å². The molecule has 0 saturated carbocycles. The third-order valence-corrected chi connectivity index (χ3v) is 4.48. The number of hydrogen-bond donors (Lipinski definition) is 0. The van der Waals surface area contributed by atoms with Crippen LogP contribution in [0, 0.1) is 0 Å². The Bertz CT molecular complexity index is 533. The monoisotopic (exact) mass is 324 g/mol. The molecule has 0 spiro atoms. The van der Waals surface area contributed by atoms with Gasteiger partial charge in [0.1, 0.15) is 12.0 Å². The number of likely N-dealkylation sites (N-methyl/N-ethyl adjacent to an activating group) is 1. The van der Waals surface area contributed by atoms with Crippen molar-refractivity contribution >= 4 is 23.6 Å². The van der Waals surface area contributed by atoms with Gasteiger partial charge in [0.2, 0.25) is 0 Å². The molecular formula is C14H20N4O3S. The van der Waals surface area contributed by atoms with Crippen molar-refractivity contribution in [2.45, 2.75) is 11.3 Å². The number of aromatic nitrogens is 2. The molecule has 120 valence electrons. The number of piperazine rings is 1. The van der Waals surface area contributed by atoms with Crippen molar-refractivity contribution in [2.24, 2.45) is 0 Å². The Balaban J connectivity index is 2.01. The number of nitrogens with zero attached hydrogens (tertiary/aromatic N) is 4. The van der Waals surface area contributed by atoms with E-state index < -0.39 is 0 Å². The molecule has 1 aliphatic heterocycles. The van der Waals surface area contributed by atoms with Gasteiger partial charge >= 0.3 is 5.97 Å². The first kappa shape index (κ1) is 16.7. The second kappa shape index (κ2) is 8.09. The molecule has 0 unspecified atom stereocenters. The average molecular weight is 324 g/mol. The number of thioether (sulfide) groups is 1. The summed E-state index contributed by atoms with van der Waals surface area (Å²) in [6.07, 6.45) is 3.30. The van der Waals surface area contributed by atoms with Gasteiger partial charge in [0.05, 0.1) is 18.4 Å². The van der Waals surface area contributed by atoms with Gasteiger partial charge < -0.3 is 14.5 Å². The molecule has 1 amide bonds. The lowest BCUT2D eigenvalue weighted by molar-refractivity contribution is -0.140. The zero-order chi connectivity index (χ0) is 15.9. The van der Waals surface area contributed by atoms with Gasteiger partial charge in [-0.25, -0.2) is 9.97 Å². The van der Waals surface area contributed by atoms with E-state index in [1.807, 2.05) is 11.9 Å². The van der Waals surface area contributed by atoms with Crippen molar-refractivity contribution < 1.29 is 14.3 Å². The van der Waals surface area contributed by atoms with Crippen LogP contribution in [-0.4, -0.2) is 77.7 Å². The van der Waals surface area contributed by atoms with E-state index in [1.165, 1.54) is 25.2 Å². The van der Waals surface area contributed by atoms with Crippen LogP contribution in [0.4, 0.5) is 0 Å². The first-order valence-electron chi connectivity index (χ1n) is 7.09. The molecule has 0 N–H and O–H groups in total. The molecule has 1 fully saturated rings. The van der Waals surface area contributed by atoms with E-state index in [2.05, 4.69) is 19.6 Å². The largest absolute Gasteiger partial charge is 0.469 e. The predicted molar refractivity (Wildman–Crippen MR) is 82.8 cm³/mol. The van der Waals surface area contributed by atoms with Crippen LogP contribution in [0.2, 0.25) is 0 Å². The summed E-state index contributed by atoms with van der Waals surface area (Å²) in [5.74, 6) is 0.190. The van der Waals surface area contributed by atoms with Gasteiger partial charge in [-0.05, 0) is 7.05 Å². The van der Waals surface area contributed by atoms with Gasteiger partial charge in [0.25, 0.3) is 5.91 Å². The van der Waals surface area contributed by atoms with Crippen LogP contribution < -0.4 is 0 Å². The second-order valence-electron chi connectivity index (χ2n) is 5.01. The Hall–Kier alpha value is -1.67. The molecule has 1 aromatic heterocycles. The average Bonchev–Trinajstić information content (AvgIpc) is 2.55. The molecule has 1 saturated heterocycles. The Morgan fingerprint density at radius 1 is 1.32 bits per heavy atom. The van der Waals surface area contributed by atoms with E-state index in [1.54, 1.807) is 6.20 Å². The van der Waals surface area contributed by atoms with E-state index in [9.17, 15) is 9.59 Å². The zero-order valence-electron chi connectivity index (χ0n) is 12.8. The fourth-order valence-corrected chi connectivity index (χ4v) is 2.99. The topological polar surface area (TPSA) is 75.6 Å². The van der Waals surface area contributed by atoms with Crippen molar-refractivity contribution in [1.29, 1.82) is 0 Å². The number of methoxy groups -OCH3 is 1. The molecular weight excluding hydrogens is 304 g/mol. The lowest BCUT2D eigenvalue weighted by Gasteiger charge is -2.32. The van der Waals surface area contributed by atoms with Gasteiger partial charge in [-0.3, -0.25) is 9.59 Å². The van der Waals surface area contributed by atoms with E-state index in [-0.39, 0.29) is 18.3 Å². The second-order valence-corrected chi connectivity index (χ2v) is 6.14. The summed E-state index contributed by atoms with van der Waals surface area (Å²) in [6, 6.07) is 0. The van der Waals surface area contributed by atoms with Gasteiger partial charge in [-0.2, -0.15) is 0 Å². The number of ether oxygens (including phenoxy) is 1. The Labute approximate surface area is 134 Å².